The Labute approximate surface area is 607 Å². The predicted molar refractivity (Wildman–Crippen MR) is 405 cm³/mol. The highest BCUT2D eigenvalue weighted by Gasteiger charge is 2.30. The third-order valence-electron chi connectivity index (χ3n) is 18.6. The van der Waals surface area contributed by atoms with E-state index < -0.39 is 97.5 Å². The highest BCUT2D eigenvalue weighted by Crippen LogP contribution is 2.45. The summed E-state index contributed by atoms with van der Waals surface area (Å²) in [6, 6.07) is 0. The third-order valence-corrected chi connectivity index (χ3v) is 20.5. The molecule has 0 spiro atoms. The molecule has 0 amide bonds. The number of esters is 4. The van der Waals surface area contributed by atoms with Crippen LogP contribution in [0, 0.1) is 17.8 Å². The zero-order valence-electron chi connectivity index (χ0n) is 65.0. The Morgan fingerprint density at radius 2 is 0.465 bits per heavy atom. The first kappa shape index (κ1) is 97.1. The molecule has 17 nitrogen and oxygen atoms in total. The molecule has 0 aromatic carbocycles. The largest absolute Gasteiger partial charge is 0.472 e. The van der Waals surface area contributed by atoms with Gasteiger partial charge in [0.1, 0.15) is 19.3 Å². The smallest absolute Gasteiger partial charge is 0.462 e. The molecule has 0 heterocycles. The Morgan fingerprint density at radius 1 is 0.273 bits per heavy atom. The van der Waals surface area contributed by atoms with Gasteiger partial charge in [-0.25, -0.2) is 9.13 Å². The summed E-state index contributed by atoms with van der Waals surface area (Å²) in [5.41, 5.74) is 0. The first-order valence-electron chi connectivity index (χ1n) is 41.3. The van der Waals surface area contributed by atoms with Crippen molar-refractivity contribution >= 4 is 39.5 Å². The molecule has 0 aromatic rings. The molecule has 0 saturated carbocycles. The van der Waals surface area contributed by atoms with Crippen LogP contribution in [0.4, 0.5) is 0 Å². The van der Waals surface area contributed by atoms with Crippen molar-refractivity contribution in [2.45, 2.75) is 433 Å². The van der Waals surface area contributed by atoms with Gasteiger partial charge in [0.25, 0.3) is 0 Å². The summed E-state index contributed by atoms with van der Waals surface area (Å²) in [5, 5.41) is 10.6. The molecule has 0 radical (unpaired) electrons. The van der Waals surface area contributed by atoms with Gasteiger partial charge in [0.15, 0.2) is 12.2 Å². The summed E-state index contributed by atoms with van der Waals surface area (Å²) < 4.78 is 68.6. The predicted octanol–water partition coefficient (Wildman–Crippen LogP) is 23.7. The molecular weight excluding hydrogens is 1290 g/mol. The van der Waals surface area contributed by atoms with Crippen molar-refractivity contribution in [1.82, 2.24) is 0 Å². The monoisotopic (exact) mass is 1450 g/mol. The van der Waals surface area contributed by atoms with Crippen molar-refractivity contribution < 1.29 is 80.2 Å². The quantitative estimate of drug-likeness (QED) is 0.0222. The summed E-state index contributed by atoms with van der Waals surface area (Å²) in [5.74, 6) is 0.112. The lowest BCUT2D eigenvalue weighted by atomic mass is 10.0. The number of carbonyl (C=O) groups excluding carboxylic acids is 4. The Hall–Kier alpha value is -1.94. The minimum absolute atomic E-state index is 0.105. The lowest BCUT2D eigenvalue weighted by molar-refractivity contribution is -0.161. The second-order valence-corrected chi connectivity index (χ2v) is 33.1. The number of aliphatic hydroxyl groups is 1. The summed E-state index contributed by atoms with van der Waals surface area (Å²) in [7, 11) is -9.92. The van der Waals surface area contributed by atoms with Gasteiger partial charge in [0, 0.05) is 25.7 Å². The number of rotatable bonds is 78. The van der Waals surface area contributed by atoms with E-state index in [1.165, 1.54) is 218 Å². The van der Waals surface area contributed by atoms with Crippen LogP contribution >= 0.6 is 15.6 Å². The van der Waals surface area contributed by atoms with Gasteiger partial charge in [-0.15, -0.1) is 0 Å². The fourth-order valence-corrected chi connectivity index (χ4v) is 13.9. The molecule has 0 bridgehead atoms. The van der Waals surface area contributed by atoms with Gasteiger partial charge in [0.05, 0.1) is 26.4 Å². The van der Waals surface area contributed by atoms with Crippen LogP contribution in [-0.2, 0) is 65.4 Å². The molecule has 3 N–H and O–H groups in total. The molecule has 0 aliphatic rings. The summed E-state index contributed by atoms with van der Waals surface area (Å²) in [6.07, 6.45) is 58.5. The summed E-state index contributed by atoms with van der Waals surface area (Å²) in [4.78, 5) is 72.9. The lowest BCUT2D eigenvalue weighted by Gasteiger charge is -2.21. The first-order chi connectivity index (χ1) is 47.7. The SMILES string of the molecule is CCCCCCCCCCCCCCCCCCCCCCCCC(=O)O[C@H](COC(=O)CCCCCCCCCCCCCC(C)C)COP(=O)(O)OC[C@@H](O)COP(=O)(O)OC[C@@H](COC(=O)CCCCCCCCCC(C)C)OC(=O)CCCCCCCCCCCCC(C)C. The minimum atomic E-state index is -4.96. The molecule has 5 atom stereocenters. The van der Waals surface area contributed by atoms with Crippen molar-refractivity contribution in [2.24, 2.45) is 17.8 Å². The van der Waals surface area contributed by atoms with E-state index in [4.69, 9.17) is 37.0 Å². The van der Waals surface area contributed by atoms with E-state index in [1.54, 1.807) is 0 Å². The van der Waals surface area contributed by atoms with E-state index in [2.05, 4.69) is 48.5 Å². The maximum Gasteiger partial charge on any atom is 0.472 e. The molecule has 0 saturated heterocycles. The minimum Gasteiger partial charge on any atom is -0.462 e. The zero-order valence-corrected chi connectivity index (χ0v) is 66.8. The van der Waals surface area contributed by atoms with Crippen molar-refractivity contribution in [1.29, 1.82) is 0 Å². The number of hydrogen-bond donors (Lipinski definition) is 3. The summed E-state index contributed by atoms with van der Waals surface area (Å²) >= 11 is 0. The second-order valence-electron chi connectivity index (χ2n) is 30.2. The van der Waals surface area contributed by atoms with Crippen molar-refractivity contribution in [3.63, 3.8) is 0 Å². The number of carbonyl (C=O) groups is 4. The van der Waals surface area contributed by atoms with E-state index in [1.807, 2.05) is 0 Å². The maximum absolute atomic E-state index is 13.1. The van der Waals surface area contributed by atoms with E-state index >= 15 is 0 Å². The van der Waals surface area contributed by atoms with Gasteiger partial charge in [-0.1, -0.05) is 363 Å². The van der Waals surface area contributed by atoms with E-state index in [0.29, 0.717) is 31.6 Å². The third kappa shape index (κ3) is 74.1. The number of aliphatic hydroxyl groups excluding tert-OH is 1. The first-order valence-corrected chi connectivity index (χ1v) is 44.3. The standard InChI is InChI=1S/C80H156O17P2/c1-8-9-10-11-12-13-14-15-16-17-18-19-20-21-22-23-24-27-34-41-49-56-63-79(84)96-75(67-90-77(82)61-54-47-40-33-28-25-26-31-37-44-51-58-71(2)3)69-94-98(86,87)92-65-74(81)66-93-99(88,89)95-70-76(68-91-78(83)62-55-48-43-36-39-46-53-60-73(6)7)97-80(85)64-57-50-42-35-30-29-32-38-45-52-59-72(4)5/h71-76,81H,8-70H2,1-7H3,(H,86,87)(H,88,89)/t74-,75-,76-/m1/s1. The molecule has 19 heteroatoms. The Kier molecular flexibility index (Phi) is 69.0. The second kappa shape index (κ2) is 70.4. The number of phosphoric ester groups is 2. The Balaban J connectivity index is 5.20. The van der Waals surface area contributed by atoms with Crippen molar-refractivity contribution in [2.75, 3.05) is 39.6 Å². The molecule has 0 rings (SSSR count). The fourth-order valence-electron chi connectivity index (χ4n) is 12.3. The normalized spacial score (nSPS) is 14.0. The van der Waals surface area contributed by atoms with Crippen LogP contribution in [-0.4, -0.2) is 96.7 Å². The molecule has 0 aromatic heterocycles. The Bertz CT molecular complexity index is 1920. The molecule has 0 fully saturated rings. The van der Waals surface area contributed by atoms with E-state index in [0.717, 1.165) is 108 Å². The van der Waals surface area contributed by atoms with Gasteiger partial charge in [-0.3, -0.25) is 37.3 Å². The van der Waals surface area contributed by atoms with Gasteiger partial charge < -0.3 is 33.8 Å². The molecule has 0 aliphatic carbocycles. The van der Waals surface area contributed by atoms with Crippen molar-refractivity contribution in [3.8, 4) is 0 Å². The molecule has 588 valence electrons. The van der Waals surface area contributed by atoms with Crippen molar-refractivity contribution in [3.05, 3.63) is 0 Å². The molecule has 99 heavy (non-hydrogen) atoms. The number of phosphoric acid groups is 2. The average Bonchev–Trinajstić information content (AvgIpc) is 1.24. The number of ether oxygens (including phenoxy) is 4. The van der Waals surface area contributed by atoms with Crippen LogP contribution in [0.2, 0.25) is 0 Å². The maximum atomic E-state index is 13.1. The molecule has 2 unspecified atom stereocenters. The summed E-state index contributed by atoms with van der Waals surface area (Å²) in [6.45, 7) is 11.9. The van der Waals surface area contributed by atoms with Crippen LogP contribution in [0.3, 0.4) is 0 Å². The number of unbranched alkanes of at least 4 members (excludes halogenated alkanes) is 46. The van der Waals surface area contributed by atoms with Gasteiger partial charge in [0.2, 0.25) is 0 Å². The van der Waals surface area contributed by atoms with Crippen LogP contribution in [0.25, 0.3) is 0 Å². The highest BCUT2D eigenvalue weighted by atomic mass is 31.2. The fraction of sp³-hybridized carbons (Fsp3) is 0.950. The van der Waals surface area contributed by atoms with Gasteiger partial charge >= 0.3 is 39.5 Å². The number of hydrogen-bond acceptors (Lipinski definition) is 15. The lowest BCUT2D eigenvalue weighted by Crippen LogP contribution is -2.30. The Morgan fingerprint density at radius 3 is 0.687 bits per heavy atom. The van der Waals surface area contributed by atoms with Crippen LogP contribution in [0.15, 0.2) is 0 Å². The highest BCUT2D eigenvalue weighted by molar-refractivity contribution is 7.47. The van der Waals surface area contributed by atoms with Crippen LogP contribution in [0.1, 0.15) is 414 Å². The average molecular weight is 1450 g/mol. The van der Waals surface area contributed by atoms with Gasteiger partial charge in [-0.05, 0) is 43.4 Å². The van der Waals surface area contributed by atoms with E-state index in [-0.39, 0.29) is 25.7 Å². The topological polar surface area (TPSA) is 237 Å². The molecule has 0 aliphatic heterocycles. The van der Waals surface area contributed by atoms with Crippen LogP contribution in [0.5, 0.6) is 0 Å². The molecular formula is C80H156O17P2. The zero-order chi connectivity index (χ0) is 73.0. The van der Waals surface area contributed by atoms with Gasteiger partial charge in [-0.2, -0.15) is 0 Å². The van der Waals surface area contributed by atoms with Crippen LogP contribution < -0.4 is 0 Å². The van der Waals surface area contributed by atoms with E-state index in [9.17, 15) is 43.2 Å².